The zero-order valence-electron chi connectivity index (χ0n) is 13.1. The van der Waals surface area contributed by atoms with Gasteiger partial charge in [0.15, 0.2) is 6.20 Å². The number of sulfonamides is 1. The van der Waals surface area contributed by atoms with Crippen LogP contribution in [-0.4, -0.2) is 8.42 Å². The molecule has 0 radical (unpaired) electrons. The van der Waals surface area contributed by atoms with Crippen molar-refractivity contribution in [3.63, 3.8) is 0 Å². The van der Waals surface area contributed by atoms with E-state index in [4.69, 9.17) is 0 Å². The van der Waals surface area contributed by atoms with Crippen LogP contribution in [0.3, 0.4) is 0 Å². The smallest absolute Gasteiger partial charge is 0.262 e. The summed E-state index contributed by atoms with van der Waals surface area (Å²) in [6, 6.07) is 20.8. The Morgan fingerprint density at radius 2 is 1.48 bits per heavy atom. The molecule has 0 fully saturated rings. The van der Waals surface area contributed by atoms with E-state index in [1.54, 1.807) is 54.6 Å². The van der Waals surface area contributed by atoms with Gasteiger partial charge in [-0.15, -0.1) is 0 Å². The third-order valence-corrected chi connectivity index (χ3v) is 5.49. The van der Waals surface area contributed by atoms with Crippen LogP contribution in [0.15, 0.2) is 83.9 Å². The molecule has 4 aromatic rings. The van der Waals surface area contributed by atoms with Gasteiger partial charge in [-0.1, -0.05) is 42.5 Å². The van der Waals surface area contributed by atoms with Crippen LogP contribution in [0.5, 0.6) is 0 Å². The van der Waals surface area contributed by atoms with Gasteiger partial charge in [0.05, 0.1) is 4.90 Å². The summed E-state index contributed by atoms with van der Waals surface area (Å²) < 4.78 is 29.1. The summed E-state index contributed by atoms with van der Waals surface area (Å²) in [6.07, 6.45) is 1.35. The lowest BCUT2D eigenvalue weighted by molar-refractivity contribution is -0.576. The summed E-state index contributed by atoms with van der Waals surface area (Å²) in [5, 5.41) is 14.2. The Hall–Kier alpha value is -3.12. The molecule has 0 aliphatic rings. The molecule has 3 aromatic carbocycles. The molecule has 0 bridgehead atoms. The molecule has 1 N–H and O–H groups in total. The number of anilines is 1. The Balaban J connectivity index is 1.88. The summed E-state index contributed by atoms with van der Waals surface area (Å²) in [6.45, 7) is 0. The van der Waals surface area contributed by atoms with Crippen molar-refractivity contribution >= 4 is 37.4 Å². The van der Waals surface area contributed by atoms with Gasteiger partial charge >= 0.3 is 0 Å². The van der Waals surface area contributed by atoms with E-state index in [0.29, 0.717) is 15.5 Å². The maximum Gasteiger partial charge on any atom is 0.262 e. The SMILES string of the molecule is O=S(=O)(Nc1cccc2ccc[n+]([O-])c12)c1cccc2ccccc12. The lowest BCUT2D eigenvalue weighted by atomic mass is 10.1. The Labute approximate surface area is 144 Å². The van der Waals surface area contributed by atoms with Gasteiger partial charge in [-0.2, -0.15) is 4.73 Å². The first kappa shape index (κ1) is 15.4. The number of fused-ring (bicyclic) bond motifs is 2. The van der Waals surface area contributed by atoms with Crippen molar-refractivity contribution < 1.29 is 13.1 Å². The van der Waals surface area contributed by atoms with Crippen molar-refractivity contribution in [1.82, 2.24) is 0 Å². The van der Waals surface area contributed by atoms with E-state index in [0.717, 1.165) is 5.39 Å². The lowest BCUT2D eigenvalue weighted by Crippen LogP contribution is -2.27. The maximum absolute atomic E-state index is 12.9. The number of pyridine rings is 1. The molecule has 4 rings (SSSR count). The molecule has 0 saturated heterocycles. The Kier molecular flexibility index (Phi) is 3.54. The quantitative estimate of drug-likeness (QED) is 0.454. The second-order valence-electron chi connectivity index (χ2n) is 5.66. The second-order valence-corrected chi connectivity index (χ2v) is 7.31. The van der Waals surface area contributed by atoms with Crippen molar-refractivity contribution in [3.8, 4) is 0 Å². The fourth-order valence-electron chi connectivity index (χ4n) is 2.95. The molecule has 5 nitrogen and oxygen atoms in total. The zero-order chi connectivity index (χ0) is 17.4. The van der Waals surface area contributed by atoms with Crippen LogP contribution in [0.4, 0.5) is 5.69 Å². The lowest BCUT2D eigenvalue weighted by Gasteiger charge is -2.12. The Bertz CT molecular complexity index is 1190. The van der Waals surface area contributed by atoms with E-state index < -0.39 is 10.0 Å². The number of nitrogens with one attached hydrogen (secondary N) is 1. The molecule has 0 aliphatic heterocycles. The molecule has 0 atom stereocenters. The molecular weight excluding hydrogens is 336 g/mol. The van der Waals surface area contributed by atoms with Gasteiger partial charge in [0, 0.05) is 16.8 Å². The number of rotatable bonds is 3. The Morgan fingerprint density at radius 3 is 2.36 bits per heavy atom. The molecule has 6 heteroatoms. The third-order valence-electron chi connectivity index (χ3n) is 4.07. The zero-order valence-corrected chi connectivity index (χ0v) is 13.9. The number of hydrogen-bond donors (Lipinski definition) is 1. The minimum Gasteiger partial charge on any atom is -0.618 e. The highest BCUT2D eigenvalue weighted by molar-refractivity contribution is 7.93. The normalized spacial score (nSPS) is 11.7. The van der Waals surface area contributed by atoms with Crippen LogP contribution in [0.1, 0.15) is 0 Å². The topological polar surface area (TPSA) is 73.1 Å². The highest BCUT2D eigenvalue weighted by Crippen LogP contribution is 2.27. The van der Waals surface area contributed by atoms with Gasteiger partial charge in [-0.05, 0) is 29.7 Å². The molecule has 1 aromatic heterocycles. The molecule has 1 heterocycles. The van der Waals surface area contributed by atoms with Crippen LogP contribution in [-0.2, 0) is 10.0 Å². The fourth-order valence-corrected chi connectivity index (χ4v) is 4.25. The van der Waals surface area contributed by atoms with Crippen LogP contribution in [0.2, 0.25) is 0 Å². The van der Waals surface area contributed by atoms with E-state index >= 15 is 0 Å². The molecule has 0 saturated carbocycles. The van der Waals surface area contributed by atoms with Gasteiger partial charge in [0.2, 0.25) is 5.52 Å². The van der Waals surface area contributed by atoms with Crippen molar-refractivity contribution in [2.24, 2.45) is 0 Å². The highest BCUT2D eigenvalue weighted by Gasteiger charge is 2.20. The van der Waals surface area contributed by atoms with Crippen molar-refractivity contribution in [2.45, 2.75) is 4.90 Å². The van der Waals surface area contributed by atoms with Crippen molar-refractivity contribution in [1.29, 1.82) is 0 Å². The number of para-hydroxylation sites is 1. The van der Waals surface area contributed by atoms with Crippen LogP contribution >= 0.6 is 0 Å². The number of hydrogen-bond acceptors (Lipinski definition) is 3. The molecule has 0 unspecified atom stereocenters. The molecule has 25 heavy (non-hydrogen) atoms. The molecule has 0 spiro atoms. The van der Waals surface area contributed by atoms with Gasteiger partial charge in [0.1, 0.15) is 5.69 Å². The molecule has 0 amide bonds. The second kappa shape index (κ2) is 5.75. The summed E-state index contributed by atoms with van der Waals surface area (Å²) >= 11 is 0. The summed E-state index contributed by atoms with van der Waals surface area (Å²) in [5.74, 6) is 0. The van der Waals surface area contributed by atoms with E-state index in [1.165, 1.54) is 6.20 Å². The average Bonchev–Trinajstić information content (AvgIpc) is 2.61. The molecule has 124 valence electrons. The standard InChI is InChI=1S/C19H14N2O3S/c22-21-13-5-9-15-8-3-11-17(19(15)21)20-25(23,24)18-12-4-7-14-6-1-2-10-16(14)18/h1-13,20H. The minimum atomic E-state index is -3.85. The Morgan fingerprint density at radius 1 is 0.800 bits per heavy atom. The van der Waals surface area contributed by atoms with Crippen LogP contribution < -0.4 is 9.45 Å². The van der Waals surface area contributed by atoms with Gasteiger partial charge in [-0.25, -0.2) is 8.42 Å². The molecule has 0 aliphatic carbocycles. The number of aromatic nitrogens is 1. The summed E-state index contributed by atoms with van der Waals surface area (Å²) in [4.78, 5) is 0.177. The summed E-state index contributed by atoms with van der Waals surface area (Å²) in [7, 11) is -3.85. The van der Waals surface area contributed by atoms with E-state index in [2.05, 4.69) is 4.72 Å². The maximum atomic E-state index is 12.9. The first-order valence-electron chi connectivity index (χ1n) is 7.68. The van der Waals surface area contributed by atoms with Gasteiger partial charge < -0.3 is 5.21 Å². The van der Waals surface area contributed by atoms with Crippen molar-refractivity contribution in [2.75, 3.05) is 4.72 Å². The number of benzene rings is 3. The van der Waals surface area contributed by atoms with E-state index in [1.807, 2.05) is 18.2 Å². The predicted octanol–water partition coefficient (Wildman–Crippen LogP) is 3.43. The van der Waals surface area contributed by atoms with Crippen LogP contribution in [0, 0.1) is 5.21 Å². The molecular formula is C19H14N2O3S. The largest absolute Gasteiger partial charge is 0.618 e. The average molecular weight is 350 g/mol. The fraction of sp³-hybridized carbons (Fsp3) is 0. The predicted molar refractivity (Wildman–Crippen MR) is 97.7 cm³/mol. The van der Waals surface area contributed by atoms with E-state index in [9.17, 15) is 13.6 Å². The number of nitrogens with zero attached hydrogens (tertiary/aromatic N) is 1. The van der Waals surface area contributed by atoms with Gasteiger partial charge in [0.25, 0.3) is 10.0 Å². The van der Waals surface area contributed by atoms with Gasteiger partial charge in [-0.3, -0.25) is 4.72 Å². The highest BCUT2D eigenvalue weighted by atomic mass is 32.2. The first-order chi connectivity index (χ1) is 12.1. The monoisotopic (exact) mass is 350 g/mol. The minimum absolute atomic E-state index is 0.177. The van der Waals surface area contributed by atoms with Crippen molar-refractivity contribution in [3.05, 3.63) is 84.2 Å². The summed E-state index contributed by atoms with van der Waals surface area (Å²) in [5.41, 5.74) is 0.537. The van der Waals surface area contributed by atoms with E-state index in [-0.39, 0.29) is 16.1 Å². The first-order valence-corrected chi connectivity index (χ1v) is 9.16. The van der Waals surface area contributed by atoms with Crippen LogP contribution in [0.25, 0.3) is 21.7 Å². The third kappa shape index (κ3) is 2.66.